The third-order valence-corrected chi connectivity index (χ3v) is 6.67. The van der Waals surface area contributed by atoms with E-state index in [-0.39, 0.29) is 22.5 Å². The summed E-state index contributed by atoms with van der Waals surface area (Å²) in [5, 5.41) is 2.44. The zero-order valence-electron chi connectivity index (χ0n) is 16.3. The predicted molar refractivity (Wildman–Crippen MR) is 117 cm³/mol. The number of nitrogens with zero attached hydrogens (tertiary/aromatic N) is 2. The molecule has 4 aromatic rings. The molecule has 32 heavy (non-hydrogen) atoms. The lowest BCUT2D eigenvalue weighted by atomic mass is 10.1. The lowest BCUT2D eigenvalue weighted by Crippen LogP contribution is -2.45. The van der Waals surface area contributed by atoms with Crippen LogP contribution in [0.5, 0.6) is 0 Å². The average molecular weight is 475 g/mol. The van der Waals surface area contributed by atoms with Gasteiger partial charge in [0, 0.05) is 11.8 Å². The van der Waals surface area contributed by atoms with E-state index < -0.39 is 33.6 Å². The maximum atomic E-state index is 13.5. The fraction of sp³-hybridized carbons (Fsp3) is 0.0952. The Bertz CT molecular complexity index is 1380. The molecule has 0 radical (unpaired) electrons. The fourth-order valence-corrected chi connectivity index (χ4v) is 5.05. The van der Waals surface area contributed by atoms with Gasteiger partial charge in [-0.15, -0.1) is 0 Å². The number of anilines is 1. The lowest BCUT2D eigenvalue weighted by Gasteiger charge is -2.19. The van der Waals surface area contributed by atoms with Gasteiger partial charge < -0.3 is 5.32 Å². The number of benzene rings is 3. The van der Waals surface area contributed by atoms with Crippen LogP contribution in [0.3, 0.4) is 0 Å². The number of carbonyl (C=O) groups excluding carboxylic acids is 1. The van der Waals surface area contributed by atoms with Crippen LogP contribution in [0.4, 0.5) is 14.5 Å². The van der Waals surface area contributed by atoms with E-state index in [1.807, 2.05) is 0 Å². The van der Waals surface area contributed by atoms with E-state index in [9.17, 15) is 22.0 Å². The summed E-state index contributed by atoms with van der Waals surface area (Å²) in [4.78, 5) is 12.8. The average Bonchev–Trinajstić information content (AvgIpc) is 3.25. The summed E-state index contributed by atoms with van der Waals surface area (Å²) < 4.78 is 63.5. The smallest absolute Gasteiger partial charge is 0.243 e. The summed E-state index contributed by atoms with van der Waals surface area (Å²) in [7, 11) is -4.17. The van der Waals surface area contributed by atoms with Gasteiger partial charge in [-0.25, -0.2) is 17.2 Å². The minimum absolute atomic E-state index is 0.00281. The van der Waals surface area contributed by atoms with Gasteiger partial charge in [-0.2, -0.15) is 13.5 Å². The molecule has 1 heterocycles. The fourth-order valence-electron chi connectivity index (χ4n) is 3.09. The molecule has 0 saturated carbocycles. The van der Waals surface area contributed by atoms with Gasteiger partial charge in [-0.3, -0.25) is 4.79 Å². The van der Waals surface area contributed by atoms with Crippen molar-refractivity contribution in [3.63, 3.8) is 0 Å². The SMILES string of the molecule is O=C(Nc1ccc(F)c(F)c1)C(Cc1ccccc1)NS(=O)(=O)c1cccc2nsnc12. The number of halogens is 2. The summed E-state index contributed by atoms with van der Waals surface area (Å²) in [6.07, 6.45) is 0.0286. The number of nitrogens with one attached hydrogen (secondary N) is 2. The van der Waals surface area contributed by atoms with Crippen LogP contribution >= 0.6 is 11.7 Å². The zero-order chi connectivity index (χ0) is 22.7. The Kier molecular flexibility index (Phi) is 6.21. The molecule has 0 aliphatic carbocycles. The molecule has 4 rings (SSSR count). The molecular weight excluding hydrogens is 458 g/mol. The number of rotatable bonds is 7. The van der Waals surface area contributed by atoms with E-state index in [4.69, 9.17) is 0 Å². The molecule has 0 fully saturated rings. The number of hydrogen-bond acceptors (Lipinski definition) is 6. The number of fused-ring (bicyclic) bond motifs is 1. The van der Waals surface area contributed by atoms with E-state index in [0.29, 0.717) is 11.1 Å². The predicted octanol–water partition coefficient (Wildman–Crippen LogP) is 3.50. The third kappa shape index (κ3) is 4.79. The molecular formula is C21H16F2N4O3S2. The minimum Gasteiger partial charge on any atom is -0.325 e. The van der Waals surface area contributed by atoms with Crippen LogP contribution in [0.15, 0.2) is 71.6 Å². The molecule has 1 atom stereocenters. The van der Waals surface area contributed by atoms with Gasteiger partial charge in [0.25, 0.3) is 0 Å². The Morgan fingerprint density at radius 2 is 1.75 bits per heavy atom. The van der Waals surface area contributed by atoms with Crippen molar-refractivity contribution in [3.05, 3.63) is 83.9 Å². The van der Waals surface area contributed by atoms with Crippen LogP contribution in [-0.2, 0) is 21.2 Å². The van der Waals surface area contributed by atoms with Crippen molar-refractivity contribution >= 4 is 44.4 Å². The maximum Gasteiger partial charge on any atom is 0.243 e. The minimum atomic E-state index is -4.17. The normalized spacial score (nSPS) is 12.6. The quantitative estimate of drug-likeness (QED) is 0.427. The van der Waals surface area contributed by atoms with E-state index in [0.717, 1.165) is 23.9 Å². The monoisotopic (exact) mass is 474 g/mol. The molecule has 0 aliphatic heterocycles. The molecule has 7 nitrogen and oxygen atoms in total. The van der Waals surface area contributed by atoms with Gasteiger partial charge in [0.15, 0.2) is 11.6 Å². The van der Waals surface area contributed by atoms with Gasteiger partial charge in [0.1, 0.15) is 22.0 Å². The van der Waals surface area contributed by atoms with Crippen LogP contribution in [0.25, 0.3) is 11.0 Å². The maximum absolute atomic E-state index is 13.5. The second-order valence-electron chi connectivity index (χ2n) is 6.87. The molecule has 0 saturated heterocycles. The molecule has 1 unspecified atom stereocenters. The molecule has 1 amide bonds. The number of aromatic nitrogens is 2. The van der Waals surface area contributed by atoms with Crippen LogP contribution in [-0.4, -0.2) is 29.1 Å². The van der Waals surface area contributed by atoms with Crippen molar-refractivity contribution in [1.82, 2.24) is 13.5 Å². The molecule has 3 aromatic carbocycles. The van der Waals surface area contributed by atoms with Crippen molar-refractivity contribution in [2.24, 2.45) is 0 Å². The molecule has 1 aromatic heterocycles. The Balaban J connectivity index is 1.65. The summed E-state index contributed by atoms with van der Waals surface area (Å²) in [6.45, 7) is 0. The summed E-state index contributed by atoms with van der Waals surface area (Å²) in [5.41, 5.74) is 1.32. The van der Waals surface area contributed by atoms with Gasteiger partial charge in [0.05, 0.1) is 11.7 Å². The molecule has 0 spiro atoms. The highest BCUT2D eigenvalue weighted by Gasteiger charge is 2.28. The van der Waals surface area contributed by atoms with Crippen molar-refractivity contribution in [2.45, 2.75) is 17.4 Å². The largest absolute Gasteiger partial charge is 0.325 e. The van der Waals surface area contributed by atoms with Crippen molar-refractivity contribution in [3.8, 4) is 0 Å². The first kappa shape index (κ1) is 21.9. The number of carbonyl (C=O) groups is 1. The van der Waals surface area contributed by atoms with Crippen molar-refractivity contribution < 1.29 is 22.0 Å². The molecule has 0 aliphatic rings. The first-order valence-electron chi connectivity index (χ1n) is 9.37. The number of sulfonamides is 1. The summed E-state index contributed by atoms with van der Waals surface area (Å²) in [6, 6.07) is 15.0. The number of hydrogen-bond donors (Lipinski definition) is 2. The summed E-state index contributed by atoms with van der Waals surface area (Å²) >= 11 is 0.878. The first-order valence-corrected chi connectivity index (χ1v) is 11.6. The highest BCUT2D eigenvalue weighted by molar-refractivity contribution is 7.89. The van der Waals surface area contributed by atoms with Crippen LogP contribution in [0, 0.1) is 11.6 Å². The Morgan fingerprint density at radius 1 is 0.969 bits per heavy atom. The highest BCUT2D eigenvalue weighted by Crippen LogP contribution is 2.22. The molecule has 11 heteroatoms. The standard InChI is InChI=1S/C21H16F2N4O3S2/c22-15-10-9-14(12-16(15)23)24-21(28)18(11-13-5-2-1-3-6-13)27-32(29,30)19-8-4-7-17-20(19)26-31-25-17/h1-10,12,18,27H,11H2,(H,24,28). The van der Waals surface area contributed by atoms with Gasteiger partial charge in [0.2, 0.25) is 15.9 Å². The van der Waals surface area contributed by atoms with Gasteiger partial charge >= 0.3 is 0 Å². The second kappa shape index (κ2) is 9.07. The number of amides is 1. The summed E-state index contributed by atoms with van der Waals surface area (Å²) in [5.74, 6) is -2.92. The molecule has 0 bridgehead atoms. The third-order valence-electron chi connectivity index (χ3n) is 4.62. The van der Waals surface area contributed by atoms with Crippen molar-refractivity contribution in [1.29, 1.82) is 0 Å². The highest BCUT2D eigenvalue weighted by atomic mass is 32.2. The topological polar surface area (TPSA) is 101 Å². The molecule has 164 valence electrons. The van der Waals surface area contributed by atoms with Crippen molar-refractivity contribution in [2.75, 3.05) is 5.32 Å². The van der Waals surface area contributed by atoms with E-state index in [2.05, 4.69) is 18.8 Å². The van der Waals surface area contributed by atoms with Crippen LogP contribution in [0.1, 0.15) is 5.56 Å². The van der Waals surface area contributed by atoms with Gasteiger partial charge in [-0.05, 0) is 36.2 Å². The molecule has 2 N–H and O–H groups in total. The van der Waals surface area contributed by atoms with Crippen LogP contribution in [0.2, 0.25) is 0 Å². The Labute approximate surface area is 186 Å². The lowest BCUT2D eigenvalue weighted by molar-refractivity contribution is -0.117. The zero-order valence-corrected chi connectivity index (χ0v) is 18.0. The van der Waals surface area contributed by atoms with E-state index in [1.165, 1.54) is 18.2 Å². The Morgan fingerprint density at radius 3 is 2.50 bits per heavy atom. The van der Waals surface area contributed by atoms with E-state index in [1.54, 1.807) is 36.4 Å². The van der Waals surface area contributed by atoms with Gasteiger partial charge in [-0.1, -0.05) is 36.4 Å². The van der Waals surface area contributed by atoms with E-state index >= 15 is 0 Å². The first-order chi connectivity index (χ1) is 15.3. The Hall–Kier alpha value is -3.28. The second-order valence-corrected chi connectivity index (χ2v) is 9.08. The van der Waals surface area contributed by atoms with Crippen LogP contribution < -0.4 is 10.0 Å².